The van der Waals surface area contributed by atoms with E-state index in [4.69, 9.17) is 4.74 Å². The monoisotopic (exact) mass is 337 g/mol. The van der Waals surface area contributed by atoms with E-state index in [9.17, 15) is 14.4 Å². The number of nitrogens with zero attached hydrogens (tertiary/aromatic N) is 3. The molecule has 7 nitrogen and oxygen atoms in total. The molecular formula is C17H27N3O4. The first kappa shape index (κ1) is 17.2. The van der Waals surface area contributed by atoms with Crippen LogP contribution in [-0.2, 0) is 19.1 Å². The van der Waals surface area contributed by atoms with E-state index in [-0.39, 0.29) is 41.7 Å². The quantitative estimate of drug-likeness (QED) is 0.724. The number of amides is 3. The number of ether oxygens (including phenoxy) is 1. The first-order valence-electron chi connectivity index (χ1n) is 8.78. The third-order valence-electron chi connectivity index (χ3n) is 6.14. The number of methoxy groups -OCH3 is 1. The van der Waals surface area contributed by atoms with Gasteiger partial charge in [-0.3, -0.25) is 14.4 Å². The highest BCUT2D eigenvalue weighted by molar-refractivity contribution is 5.86. The first-order valence-corrected chi connectivity index (χ1v) is 8.78. The molecule has 3 heterocycles. The number of carbonyl (C=O) groups is 3. The van der Waals surface area contributed by atoms with Crippen molar-refractivity contribution in [1.82, 2.24) is 14.7 Å². The average Bonchev–Trinajstić information content (AvgIpc) is 3.09. The van der Waals surface area contributed by atoms with Crippen LogP contribution in [-0.4, -0.2) is 84.4 Å². The van der Waals surface area contributed by atoms with Crippen molar-refractivity contribution in [3.63, 3.8) is 0 Å². The van der Waals surface area contributed by atoms with Gasteiger partial charge in [-0.05, 0) is 19.8 Å². The minimum absolute atomic E-state index is 0.00746. The van der Waals surface area contributed by atoms with E-state index in [1.54, 1.807) is 6.92 Å². The van der Waals surface area contributed by atoms with Gasteiger partial charge in [0.05, 0.1) is 11.5 Å². The van der Waals surface area contributed by atoms with E-state index in [1.165, 1.54) is 7.11 Å². The van der Waals surface area contributed by atoms with Gasteiger partial charge in [0.2, 0.25) is 17.7 Å². The molecule has 0 aliphatic carbocycles. The molecule has 3 fully saturated rings. The molecule has 2 atom stereocenters. The minimum Gasteiger partial charge on any atom is -0.375 e. The van der Waals surface area contributed by atoms with Crippen molar-refractivity contribution >= 4 is 17.7 Å². The Morgan fingerprint density at radius 1 is 1.21 bits per heavy atom. The molecule has 0 radical (unpaired) electrons. The van der Waals surface area contributed by atoms with Crippen molar-refractivity contribution in [3.8, 4) is 0 Å². The zero-order valence-corrected chi connectivity index (χ0v) is 14.8. The number of carbonyl (C=O) groups excluding carboxylic acids is 3. The summed E-state index contributed by atoms with van der Waals surface area (Å²) in [6.07, 6.45) is 1.57. The van der Waals surface area contributed by atoms with Crippen molar-refractivity contribution in [1.29, 1.82) is 0 Å². The third-order valence-corrected chi connectivity index (χ3v) is 6.14. The Labute approximate surface area is 142 Å². The molecule has 0 N–H and O–H groups in total. The Bertz CT molecular complexity index is 542. The Balaban J connectivity index is 1.79. The molecule has 0 aromatic carbocycles. The Morgan fingerprint density at radius 2 is 1.88 bits per heavy atom. The van der Waals surface area contributed by atoms with Crippen LogP contribution in [0.25, 0.3) is 0 Å². The number of hydrogen-bond acceptors (Lipinski definition) is 4. The van der Waals surface area contributed by atoms with E-state index < -0.39 is 0 Å². The molecule has 0 aromatic heterocycles. The van der Waals surface area contributed by atoms with Gasteiger partial charge < -0.3 is 19.4 Å². The number of rotatable bonds is 3. The summed E-state index contributed by atoms with van der Waals surface area (Å²) >= 11 is 0. The lowest BCUT2D eigenvalue weighted by Crippen LogP contribution is -2.58. The van der Waals surface area contributed by atoms with Crippen LogP contribution in [0, 0.1) is 11.8 Å². The fourth-order valence-electron chi connectivity index (χ4n) is 4.94. The number of fused-ring (bicyclic) bond motifs is 2. The second-order valence-corrected chi connectivity index (χ2v) is 7.14. The second-order valence-electron chi connectivity index (χ2n) is 7.14. The van der Waals surface area contributed by atoms with Crippen LogP contribution in [0.2, 0.25) is 0 Å². The van der Waals surface area contributed by atoms with Crippen LogP contribution in [0.15, 0.2) is 0 Å². The zero-order valence-electron chi connectivity index (χ0n) is 14.8. The minimum atomic E-state index is -0.204. The average molecular weight is 337 g/mol. The molecule has 3 aliphatic heterocycles. The van der Waals surface area contributed by atoms with Crippen molar-refractivity contribution < 1.29 is 19.1 Å². The van der Waals surface area contributed by atoms with E-state index in [0.717, 1.165) is 12.8 Å². The first-order chi connectivity index (χ1) is 11.4. The molecule has 1 spiro atoms. The Hall–Kier alpha value is -1.63. The lowest BCUT2D eigenvalue weighted by atomic mass is 9.75. The second kappa shape index (κ2) is 6.35. The number of piperidine rings is 1. The van der Waals surface area contributed by atoms with Crippen molar-refractivity contribution in [3.05, 3.63) is 0 Å². The van der Waals surface area contributed by atoms with Crippen LogP contribution >= 0.6 is 0 Å². The summed E-state index contributed by atoms with van der Waals surface area (Å²) in [6, 6.07) is 0. The van der Waals surface area contributed by atoms with E-state index >= 15 is 0 Å². The molecular weight excluding hydrogens is 310 g/mol. The fourth-order valence-corrected chi connectivity index (χ4v) is 4.94. The van der Waals surface area contributed by atoms with Gasteiger partial charge in [0.25, 0.3) is 0 Å². The lowest BCUT2D eigenvalue weighted by Gasteiger charge is -2.47. The molecule has 24 heavy (non-hydrogen) atoms. The summed E-state index contributed by atoms with van der Waals surface area (Å²) in [7, 11) is 1.53. The van der Waals surface area contributed by atoms with Gasteiger partial charge in [-0.15, -0.1) is 0 Å². The lowest BCUT2D eigenvalue weighted by molar-refractivity contribution is -0.140. The molecule has 3 amide bonds. The van der Waals surface area contributed by atoms with Gasteiger partial charge >= 0.3 is 0 Å². The summed E-state index contributed by atoms with van der Waals surface area (Å²) in [4.78, 5) is 42.3. The van der Waals surface area contributed by atoms with Gasteiger partial charge in [-0.25, -0.2) is 0 Å². The van der Waals surface area contributed by atoms with Crippen LogP contribution in [0.5, 0.6) is 0 Å². The highest BCUT2D eigenvalue weighted by Crippen LogP contribution is 2.49. The van der Waals surface area contributed by atoms with Crippen molar-refractivity contribution in [2.45, 2.75) is 32.2 Å². The summed E-state index contributed by atoms with van der Waals surface area (Å²) in [6.45, 7) is 6.89. The molecule has 3 saturated heterocycles. The van der Waals surface area contributed by atoms with Gasteiger partial charge in [0.15, 0.2) is 0 Å². The maximum atomic E-state index is 12.9. The predicted molar refractivity (Wildman–Crippen MR) is 87.0 cm³/mol. The van der Waals surface area contributed by atoms with Crippen LogP contribution < -0.4 is 0 Å². The molecule has 7 heteroatoms. The molecule has 3 rings (SSSR count). The normalized spacial score (nSPS) is 28.6. The summed E-state index contributed by atoms with van der Waals surface area (Å²) in [5, 5.41) is 0. The summed E-state index contributed by atoms with van der Waals surface area (Å²) < 4.78 is 4.94. The Kier molecular flexibility index (Phi) is 4.55. The predicted octanol–water partition coefficient (Wildman–Crippen LogP) is -0.0494. The van der Waals surface area contributed by atoms with Crippen LogP contribution in [0.1, 0.15) is 26.7 Å². The van der Waals surface area contributed by atoms with Crippen molar-refractivity contribution in [2.24, 2.45) is 11.8 Å². The van der Waals surface area contributed by atoms with Crippen LogP contribution in [0.3, 0.4) is 0 Å². The SMILES string of the molecule is CCN1C(=O)[C@@H]2CN(C(C)=O)C[C@@H]2C12CCN(C(=O)COC)CC2. The summed E-state index contributed by atoms with van der Waals surface area (Å²) in [5.74, 6) is 0.350. The Morgan fingerprint density at radius 3 is 2.42 bits per heavy atom. The van der Waals surface area contributed by atoms with Gasteiger partial charge in [0.1, 0.15) is 6.61 Å². The topological polar surface area (TPSA) is 70.2 Å². The van der Waals surface area contributed by atoms with Crippen molar-refractivity contribution in [2.75, 3.05) is 46.4 Å². The molecule has 0 saturated carbocycles. The third kappa shape index (κ3) is 2.49. The van der Waals surface area contributed by atoms with E-state index in [2.05, 4.69) is 0 Å². The number of likely N-dealkylation sites (tertiary alicyclic amines) is 3. The summed E-state index contributed by atoms with van der Waals surface area (Å²) in [5.41, 5.74) is -0.204. The van der Waals surface area contributed by atoms with Gasteiger partial charge in [0, 0.05) is 52.7 Å². The molecule has 3 aliphatic rings. The van der Waals surface area contributed by atoms with Crippen LogP contribution in [0.4, 0.5) is 0 Å². The maximum Gasteiger partial charge on any atom is 0.248 e. The standard InChI is InChI=1S/C17H27N3O4/c1-4-20-16(23)13-9-19(12(2)21)10-14(13)17(20)5-7-18(8-6-17)15(22)11-24-3/h13-14H,4-11H2,1-3H3/t13-,14+/m1/s1. The molecule has 0 bridgehead atoms. The smallest absolute Gasteiger partial charge is 0.248 e. The highest BCUT2D eigenvalue weighted by Gasteiger charge is 2.61. The van der Waals surface area contributed by atoms with E-state index in [0.29, 0.717) is 32.7 Å². The van der Waals surface area contributed by atoms with E-state index in [1.807, 2.05) is 21.6 Å². The van der Waals surface area contributed by atoms with Gasteiger partial charge in [-0.2, -0.15) is 0 Å². The van der Waals surface area contributed by atoms with Gasteiger partial charge in [-0.1, -0.05) is 0 Å². The number of hydrogen-bond donors (Lipinski definition) is 0. The molecule has 0 unspecified atom stereocenters. The fraction of sp³-hybridized carbons (Fsp3) is 0.824. The molecule has 0 aromatic rings. The zero-order chi connectivity index (χ0) is 17.5. The maximum absolute atomic E-state index is 12.9. The molecule has 134 valence electrons. The largest absolute Gasteiger partial charge is 0.375 e. The highest BCUT2D eigenvalue weighted by atomic mass is 16.5.